The van der Waals surface area contributed by atoms with Gasteiger partial charge in [0.15, 0.2) is 0 Å². The maximum atomic E-state index is 12.9. The van der Waals surface area contributed by atoms with E-state index >= 15 is 0 Å². The zero-order valence-corrected chi connectivity index (χ0v) is 25.7. The molecule has 3 aromatic carbocycles. The first-order chi connectivity index (χ1) is 21.4. The van der Waals surface area contributed by atoms with Crippen LogP contribution in [-0.2, 0) is 43.5 Å². The number of hydrogen-bond donors (Lipinski definition) is 2. The third-order valence-electron chi connectivity index (χ3n) is 8.54. The Hall–Kier alpha value is -3.97. The van der Waals surface area contributed by atoms with Gasteiger partial charge in [0.05, 0.1) is 0 Å². The van der Waals surface area contributed by atoms with E-state index in [1.165, 1.54) is 6.42 Å². The van der Waals surface area contributed by atoms with Crippen molar-refractivity contribution < 1.29 is 23.9 Å². The van der Waals surface area contributed by atoms with E-state index < -0.39 is 11.1 Å². The fourth-order valence-electron chi connectivity index (χ4n) is 5.88. The predicted octanol–water partition coefficient (Wildman–Crippen LogP) is 6.57. The summed E-state index contributed by atoms with van der Waals surface area (Å²) >= 11 is 0. The molecule has 0 saturated heterocycles. The summed E-state index contributed by atoms with van der Waals surface area (Å²) in [7, 11) is 0. The van der Waals surface area contributed by atoms with Crippen molar-refractivity contribution in [2.75, 3.05) is 0 Å². The first-order valence-corrected chi connectivity index (χ1v) is 15.9. The minimum atomic E-state index is -0.874. The zero-order chi connectivity index (χ0) is 31.1. The van der Waals surface area contributed by atoms with Gasteiger partial charge in [0.2, 0.25) is 5.91 Å². The summed E-state index contributed by atoms with van der Waals surface area (Å²) in [6.07, 6.45) is 10.0. The minimum Gasteiger partial charge on any atom is -0.459 e. The van der Waals surface area contributed by atoms with Crippen molar-refractivity contribution in [3.05, 3.63) is 108 Å². The van der Waals surface area contributed by atoms with Gasteiger partial charge in [-0.1, -0.05) is 130 Å². The Labute approximate surface area is 261 Å². The summed E-state index contributed by atoms with van der Waals surface area (Å²) in [4.78, 5) is 37.4. The van der Waals surface area contributed by atoms with Crippen LogP contribution in [0.25, 0.3) is 0 Å². The van der Waals surface area contributed by atoms with E-state index in [4.69, 9.17) is 15.2 Å². The van der Waals surface area contributed by atoms with Crippen LogP contribution in [0.2, 0.25) is 0 Å². The van der Waals surface area contributed by atoms with Crippen LogP contribution in [0.3, 0.4) is 0 Å². The molecule has 2 aliphatic rings. The maximum absolute atomic E-state index is 12.9. The largest absolute Gasteiger partial charge is 0.459 e. The Balaban J connectivity index is 0.000000223. The van der Waals surface area contributed by atoms with E-state index in [2.05, 4.69) is 5.32 Å². The normalized spacial score (nSPS) is 16.8. The number of carbonyl (C=O) groups excluding carboxylic acids is 3. The summed E-state index contributed by atoms with van der Waals surface area (Å²) in [6.45, 7) is 0.555. The number of ether oxygens (including phenoxy) is 2. The first kappa shape index (κ1) is 32.9. The van der Waals surface area contributed by atoms with Gasteiger partial charge in [-0.25, -0.2) is 4.79 Å². The molecule has 0 aromatic heterocycles. The van der Waals surface area contributed by atoms with Gasteiger partial charge in [0.25, 0.3) is 0 Å². The Bertz CT molecular complexity index is 1300. The van der Waals surface area contributed by atoms with Crippen LogP contribution >= 0.6 is 0 Å². The summed E-state index contributed by atoms with van der Waals surface area (Å²) in [5.74, 6) is -0.641. The molecule has 0 heterocycles. The Morgan fingerprint density at radius 2 is 1.02 bits per heavy atom. The summed E-state index contributed by atoms with van der Waals surface area (Å²) < 4.78 is 10.9. The Morgan fingerprint density at radius 3 is 1.52 bits per heavy atom. The number of benzene rings is 3. The minimum absolute atomic E-state index is 0.0857. The van der Waals surface area contributed by atoms with Crippen molar-refractivity contribution in [2.24, 2.45) is 5.73 Å². The van der Waals surface area contributed by atoms with Gasteiger partial charge in [-0.3, -0.25) is 9.59 Å². The van der Waals surface area contributed by atoms with E-state index in [0.717, 1.165) is 61.6 Å². The number of rotatable bonds is 10. The topological polar surface area (TPSA) is 108 Å². The average molecular weight is 599 g/mol. The molecular formula is C37H46N2O5. The fourth-order valence-corrected chi connectivity index (χ4v) is 5.88. The Kier molecular flexibility index (Phi) is 12.5. The third kappa shape index (κ3) is 10.1. The molecule has 3 aromatic rings. The van der Waals surface area contributed by atoms with Crippen molar-refractivity contribution >= 4 is 17.8 Å². The lowest BCUT2D eigenvalue weighted by atomic mass is 9.81. The third-order valence-corrected chi connectivity index (χ3v) is 8.54. The van der Waals surface area contributed by atoms with Gasteiger partial charge in [-0.2, -0.15) is 0 Å². The van der Waals surface area contributed by atoms with Crippen molar-refractivity contribution in [3.8, 4) is 0 Å². The van der Waals surface area contributed by atoms with Crippen LogP contribution in [0.15, 0.2) is 91.0 Å². The van der Waals surface area contributed by atoms with Gasteiger partial charge in [0.1, 0.15) is 24.3 Å². The van der Waals surface area contributed by atoms with Gasteiger partial charge in [-0.15, -0.1) is 0 Å². The van der Waals surface area contributed by atoms with Crippen LogP contribution in [0.5, 0.6) is 0 Å². The van der Waals surface area contributed by atoms with E-state index in [0.29, 0.717) is 32.3 Å². The molecule has 0 radical (unpaired) electrons. The van der Waals surface area contributed by atoms with Crippen LogP contribution < -0.4 is 11.1 Å². The highest BCUT2D eigenvalue weighted by atomic mass is 16.5. The predicted molar refractivity (Wildman–Crippen MR) is 171 cm³/mol. The highest BCUT2D eigenvalue weighted by Gasteiger charge is 2.42. The average Bonchev–Trinajstić information content (AvgIpc) is 3.07. The van der Waals surface area contributed by atoms with Gasteiger partial charge < -0.3 is 20.5 Å². The van der Waals surface area contributed by atoms with Crippen LogP contribution in [0.1, 0.15) is 87.3 Å². The van der Waals surface area contributed by atoms with Crippen molar-refractivity contribution in [1.82, 2.24) is 5.32 Å². The highest BCUT2D eigenvalue weighted by Crippen LogP contribution is 2.30. The molecule has 1 amide bonds. The van der Waals surface area contributed by atoms with Crippen molar-refractivity contribution in [2.45, 2.75) is 101 Å². The molecule has 0 atom stereocenters. The maximum Gasteiger partial charge on any atom is 0.332 e. The molecular weight excluding hydrogens is 552 g/mol. The van der Waals surface area contributed by atoms with E-state index in [1.807, 2.05) is 91.0 Å². The molecule has 0 bridgehead atoms. The monoisotopic (exact) mass is 598 g/mol. The molecule has 234 valence electrons. The lowest BCUT2D eigenvalue weighted by Gasteiger charge is -2.35. The molecule has 2 saturated carbocycles. The first-order valence-electron chi connectivity index (χ1n) is 15.9. The second-order valence-corrected chi connectivity index (χ2v) is 12.0. The summed E-state index contributed by atoms with van der Waals surface area (Å²) in [5, 5.41) is 3.03. The highest BCUT2D eigenvalue weighted by molar-refractivity contribution is 5.88. The number of esters is 2. The molecule has 5 rings (SSSR count). The molecule has 0 unspecified atom stereocenters. The smallest absolute Gasteiger partial charge is 0.332 e. The Morgan fingerprint density at radius 1 is 0.591 bits per heavy atom. The SMILES string of the molecule is NC1(C(=O)OCc2ccccc2)CCCCC1.O=C(CCc1ccccc1)NC1(C(=O)OCc2ccccc2)CCCCC1. The van der Waals surface area contributed by atoms with Gasteiger partial charge in [-0.05, 0) is 48.8 Å². The van der Waals surface area contributed by atoms with E-state index in [-0.39, 0.29) is 24.5 Å². The number of nitrogens with two attached hydrogens (primary N) is 1. The van der Waals surface area contributed by atoms with Crippen molar-refractivity contribution in [3.63, 3.8) is 0 Å². The quantitative estimate of drug-likeness (QED) is 0.256. The van der Waals surface area contributed by atoms with Gasteiger partial charge in [0, 0.05) is 6.42 Å². The van der Waals surface area contributed by atoms with E-state index in [1.54, 1.807) is 0 Å². The van der Waals surface area contributed by atoms with Gasteiger partial charge >= 0.3 is 11.9 Å². The second kappa shape index (κ2) is 16.8. The lowest BCUT2D eigenvalue weighted by molar-refractivity contribution is -0.157. The number of nitrogens with one attached hydrogen (secondary N) is 1. The van der Waals surface area contributed by atoms with Crippen LogP contribution in [0, 0.1) is 0 Å². The standard InChI is InChI=1S/C23H27NO3.C14H19NO2/c25-21(15-14-19-10-4-1-5-11-19)24-23(16-8-3-9-17-23)22(26)27-18-20-12-6-2-7-13-20;15-14(9-5-2-6-10-14)13(16)17-11-12-7-3-1-4-8-12/h1-2,4-7,10-13H,3,8-9,14-18H2,(H,24,25);1,3-4,7-8H,2,5-6,9-11,15H2. The van der Waals surface area contributed by atoms with Crippen LogP contribution in [0.4, 0.5) is 0 Å². The molecule has 7 nitrogen and oxygen atoms in total. The number of aryl methyl sites for hydroxylation is 1. The molecule has 3 N–H and O–H groups in total. The fraction of sp³-hybridized carbons (Fsp3) is 0.432. The number of carbonyl (C=O) groups is 3. The van der Waals surface area contributed by atoms with E-state index in [9.17, 15) is 14.4 Å². The molecule has 7 heteroatoms. The summed E-state index contributed by atoms with van der Waals surface area (Å²) in [5.41, 5.74) is 7.55. The van der Waals surface area contributed by atoms with Crippen molar-refractivity contribution in [1.29, 1.82) is 0 Å². The number of hydrogen-bond acceptors (Lipinski definition) is 6. The molecule has 44 heavy (non-hydrogen) atoms. The number of amides is 1. The zero-order valence-electron chi connectivity index (χ0n) is 25.7. The second-order valence-electron chi connectivity index (χ2n) is 12.0. The lowest BCUT2D eigenvalue weighted by Crippen LogP contribution is -2.56. The summed E-state index contributed by atoms with van der Waals surface area (Å²) in [6, 6.07) is 29.2. The molecule has 2 fully saturated rings. The molecule has 2 aliphatic carbocycles. The molecule has 0 spiro atoms. The molecule has 0 aliphatic heterocycles. The van der Waals surface area contributed by atoms with Crippen LogP contribution in [-0.4, -0.2) is 28.9 Å².